The number of methoxy groups -OCH3 is 2. The standard InChI is InChI=1S/C19H20N2O2S/c1-12-7-8-15-17(9-12)24-19(21-15)14(11-20)10-13-5-4-6-16(22-2)18(13)23-3/h4-6,10,12H,7-9H2,1-3H3. The first kappa shape index (κ1) is 16.5. The molecule has 1 atom stereocenters. The summed E-state index contributed by atoms with van der Waals surface area (Å²) in [5.74, 6) is 1.97. The van der Waals surface area contributed by atoms with E-state index in [9.17, 15) is 5.26 Å². The van der Waals surface area contributed by atoms with Crippen LogP contribution in [0.2, 0.25) is 0 Å². The Morgan fingerprint density at radius 1 is 1.38 bits per heavy atom. The first-order valence-corrected chi connectivity index (χ1v) is 8.79. The van der Waals surface area contributed by atoms with Crippen LogP contribution in [0, 0.1) is 17.2 Å². The molecule has 5 heteroatoms. The van der Waals surface area contributed by atoms with Crippen LogP contribution in [-0.2, 0) is 12.8 Å². The topological polar surface area (TPSA) is 55.1 Å². The zero-order valence-electron chi connectivity index (χ0n) is 14.1. The van der Waals surface area contributed by atoms with Gasteiger partial charge in [-0.05, 0) is 37.3 Å². The van der Waals surface area contributed by atoms with Gasteiger partial charge in [0.05, 0.1) is 25.5 Å². The van der Waals surface area contributed by atoms with E-state index in [1.165, 1.54) is 11.3 Å². The fourth-order valence-electron chi connectivity index (χ4n) is 2.98. The van der Waals surface area contributed by atoms with Crippen molar-refractivity contribution >= 4 is 23.0 Å². The van der Waals surface area contributed by atoms with E-state index in [0.717, 1.165) is 29.1 Å². The summed E-state index contributed by atoms with van der Waals surface area (Å²) in [6, 6.07) is 7.92. The van der Waals surface area contributed by atoms with Gasteiger partial charge in [-0.25, -0.2) is 4.98 Å². The number of aryl methyl sites for hydroxylation is 1. The second-order valence-electron chi connectivity index (χ2n) is 5.99. The summed E-state index contributed by atoms with van der Waals surface area (Å²) in [6.45, 7) is 2.27. The number of ether oxygens (including phenoxy) is 2. The van der Waals surface area contributed by atoms with E-state index in [-0.39, 0.29) is 0 Å². The molecule has 4 nitrogen and oxygen atoms in total. The Morgan fingerprint density at radius 2 is 2.21 bits per heavy atom. The van der Waals surface area contributed by atoms with Crippen LogP contribution in [0.25, 0.3) is 11.6 Å². The van der Waals surface area contributed by atoms with Gasteiger partial charge in [-0.2, -0.15) is 5.26 Å². The van der Waals surface area contributed by atoms with Crippen molar-refractivity contribution in [1.29, 1.82) is 5.26 Å². The van der Waals surface area contributed by atoms with Crippen LogP contribution < -0.4 is 9.47 Å². The first-order valence-electron chi connectivity index (χ1n) is 7.98. The normalized spacial score (nSPS) is 17.1. The van der Waals surface area contributed by atoms with Crippen molar-refractivity contribution in [1.82, 2.24) is 4.98 Å². The molecular weight excluding hydrogens is 320 g/mol. The number of allylic oxidation sites excluding steroid dienone is 1. The zero-order valence-corrected chi connectivity index (χ0v) is 14.9. The predicted molar refractivity (Wildman–Crippen MR) is 96.3 cm³/mol. The number of benzene rings is 1. The lowest BCUT2D eigenvalue weighted by Crippen LogP contribution is -2.09. The molecule has 0 amide bonds. The summed E-state index contributed by atoms with van der Waals surface area (Å²) in [7, 11) is 3.21. The van der Waals surface area contributed by atoms with Crippen molar-refractivity contribution in [2.24, 2.45) is 5.92 Å². The second-order valence-corrected chi connectivity index (χ2v) is 7.07. The van der Waals surface area contributed by atoms with Crippen LogP contribution in [0.3, 0.4) is 0 Å². The molecule has 0 saturated heterocycles. The predicted octanol–water partition coefficient (Wildman–Crippen LogP) is 4.35. The Kier molecular flexibility index (Phi) is 4.86. The summed E-state index contributed by atoms with van der Waals surface area (Å²) in [5.41, 5.74) is 2.54. The van der Waals surface area contributed by atoms with E-state index < -0.39 is 0 Å². The van der Waals surface area contributed by atoms with E-state index in [2.05, 4.69) is 13.0 Å². The van der Waals surface area contributed by atoms with Crippen LogP contribution >= 0.6 is 11.3 Å². The van der Waals surface area contributed by atoms with Gasteiger partial charge in [0, 0.05) is 10.4 Å². The van der Waals surface area contributed by atoms with Gasteiger partial charge in [-0.1, -0.05) is 19.1 Å². The molecule has 124 valence electrons. The minimum absolute atomic E-state index is 0.564. The minimum atomic E-state index is 0.564. The number of para-hydroxylation sites is 1. The number of rotatable bonds is 4. The van der Waals surface area contributed by atoms with Gasteiger partial charge >= 0.3 is 0 Å². The lowest BCUT2D eigenvalue weighted by molar-refractivity contribution is 0.354. The van der Waals surface area contributed by atoms with Crippen molar-refractivity contribution in [2.75, 3.05) is 14.2 Å². The Bertz CT molecular complexity index is 817. The highest BCUT2D eigenvalue weighted by Crippen LogP contribution is 2.36. The number of aromatic nitrogens is 1. The molecule has 0 aliphatic heterocycles. The third kappa shape index (κ3) is 3.15. The molecule has 0 saturated carbocycles. The Hall–Kier alpha value is -2.32. The minimum Gasteiger partial charge on any atom is -0.493 e. The Balaban J connectivity index is 2.01. The summed E-state index contributed by atoms with van der Waals surface area (Å²) in [4.78, 5) is 6.03. The molecule has 0 spiro atoms. The monoisotopic (exact) mass is 340 g/mol. The average molecular weight is 340 g/mol. The lowest BCUT2D eigenvalue weighted by Gasteiger charge is -2.15. The maximum absolute atomic E-state index is 9.62. The van der Waals surface area contributed by atoms with Gasteiger partial charge < -0.3 is 9.47 Å². The molecule has 1 aromatic heterocycles. The number of nitriles is 1. The van der Waals surface area contributed by atoms with Gasteiger partial charge in [0.15, 0.2) is 11.5 Å². The molecule has 0 radical (unpaired) electrons. The SMILES string of the molecule is COc1cccc(C=C(C#N)c2nc3c(s2)CC(C)CC3)c1OC. The van der Waals surface area contributed by atoms with Crippen LogP contribution in [0.5, 0.6) is 11.5 Å². The maximum atomic E-state index is 9.62. The van der Waals surface area contributed by atoms with E-state index in [1.807, 2.05) is 24.3 Å². The van der Waals surface area contributed by atoms with Gasteiger partial charge in [-0.3, -0.25) is 0 Å². The molecular formula is C19H20N2O2S. The van der Waals surface area contributed by atoms with Crippen molar-refractivity contribution < 1.29 is 9.47 Å². The molecule has 0 N–H and O–H groups in total. The van der Waals surface area contributed by atoms with Crippen LogP contribution in [0.15, 0.2) is 18.2 Å². The summed E-state index contributed by atoms with van der Waals surface area (Å²) < 4.78 is 10.8. The number of fused-ring (bicyclic) bond motifs is 1. The molecule has 1 aliphatic rings. The molecule has 0 fully saturated rings. The molecule has 1 aromatic carbocycles. The third-order valence-corrected chi connectivity index (χ3v) is 5.42. The van der Waals surface area contributed by atoms with Gasteiger partial charge in [-0.15, -0.1) is 11.3 Å². The van der Waals surface area contributed by atoms with Crippen molar-refractivity contribution in [2.45, 2.75) is 26.2 Å². The number of nitrogens with zero attached hydrogens (tertiary/aromatic N) is 2. The molecule has 1 heterocycles. The van der Waals surface area contributed by atoms with E-state index >= 15 is 0 Å². The van der Waals surface area contributed by atoms with Gasteiger partial charge in [0.25, 0.3) is 0 Å². The highest BCUT2D eigenvalue weighted by molar-refractivity contribution is 7.13. The largest absolute Gasteiger partial charge is 0.493 e. The van der Waals surface area contributed by atoms with Crippen LogP contribution in [-0.4, -0.2) is 19.2 Å². The lowest BCUT2D eigenvalue weighted by atomic mass is 9.93. The summed E-state index contributed by atoms with van der Waals surface area (Å²) in [5, 5.41) is 10.4. The fourth-order valence-corrected chi connectivity index (χ4v) is 4.22. The smallest absolute Gasteiger partial charge is 0.167 e. The Labute approximate surface area is 146 Å². The van der Waals surface area contributed by atoms with Gasteiger partial charge in [0.1, 0.15) is 11.1 Å². The molecule has 1 unspecified atom stereocenters. The van der Waals surface area contributed by atoms with E-state index in [1.54, 1.807) is 25.6 Å². The number of hydrogen-bond acceptors (Lipinski definition) is 5. The molecule has 1 aliphatic carbocycles. The summed E-state index contributed by atoms with van der Waals surface area (Å²) in [6.07, 6.45) is 5.07. The Morgan fingerprint density at radius 3 is 2.92 bits per heavy atom. The third-order valence-electron chi connectivity index (χ3n) is 4.27. The molecule has 2 aromatic rings. The first-order chi connectivity index (χ1) is 11.7. The summed E-state index contributed by atoms with van der Waals surface area (Å²) >= 11 is 1.64. The van der Waals surface area contributed by atoms with Crippen LogP contribution in [0.1, 0.15) is 34.5 Å². The van der Waals surface area contributed by atoms with Gasteiger partial charge in [0.2, 0.25) is 0 Å². The van der Waals surface area contributed by atoms with Crippen molar-refractivity contribution in [3.63, 3.8) is 0 Å². The van der Waals surface area contributed by atoms with E-state index in [4.69, 9.17) is 14.5 Å². The highest BCUT2D eigenvalue weighted by atomic mass is 32.1. The van der Waals surface area contributed by atoms with Crippen molar-refractivity contribution in [3.05, 3.63) is 39.3 Å². The fraction of sp³-hybridized carbons (Fsp3) is 0.368. The number of thiazole rings is 1. The van der Waals surface area contributed by atoms with E-state index in [0.29, 0.717) is 23.0 Å². The molecule has 0 bridgehead atoms. The van der Waals surface area contributed by atoms with Crippen molar-refractivity contribution in [3.8, 4) is 17.6 Å². The molecule has 24 heavy (non-hydrogen) atoms. The second kappa shape index (κ2) is 7.06. The van der Waals surface area contributed by atoms with Crippen LogP contribution in [0.4, 0.5) is 0 Å². The highest BCUT2D eigenvalue weighted by Gasteiger charge is 2.21. The zero-order chi connectivity index (χ0) is 17.1. The molecule has 3 rings (SSSR count). The maximum Gasteiger partial charge on any atom is 0.167 e. The quantitative estimate of drug-likeness (QED) is 0.777. The number of hydrogen-bond donors (Lipinski definition) is 0. The average Bonchev–Trinajstić information content (AvgIpc) is 3.01.